The summed E-state index contributed by atoms with van der Waals surface area (Å²) in [6.07, 6.45) is 2.32. The molecular weight excluding hydrogens is 220 g/mol. The highest BCUT2D eigenvalue weighted by molar-refractivity contribution is 9.09. The van der Waals surface area contributed by atoms with Gasteiger partial charge in [0.2, 0.25) is 5.91 Å². The van der Waals surface area contributed by atoms with Gasteiger partial charge in [-0.3, -0.25) is 9.69 Å². The predicted molar refractivity (Wildman–Crippen MR) is 51.9 cm³/mol. The Labute approximate surface area is 81.4 Å². The third-order valence-electron chi connectivity index (χ3n) is 2.37. The van der Waals surface area contributed by atoms with E-state index in [-0.39, 0.29) is 10.9 Å². The van der Waals surface area contributed by atoms with Gasteiger partial charge in [0.25, 0.3) is 0 Å². The topological polar surface area (TPSA) is 46.3 Å². The Hall–Kier alpha value is -0.0900. The van der Waals surface area contributed by atoms with E-state index in [0.717, 1.165) is 31.8 Å². The number of alkyl halides is 1. The van der Waals surface area contributed by atoms with Crippen LogP contribution in [0.2, 0.25) is 0 Å². The molecule has 1 rings (SSSR count). The molecule has 0 bridgehead atoms. The van der Waals surface area contributed by atoms with Gasteiger partial charge in [-0.15, -0.1) is 0 Å². The van der Waals surface area contributed by atoms with Crippen molar-refractivity contribution in [3.8, 4) is 0 Å². The molecule has 0 spiro atoms. The summed E-state index contributed by atoms with van der Waals surface area (Å²) in [5.41, 5.74) is 5.17. The van der Waals surface area contributed by atoms with E-state index in [0.29, 0.717) is 0 Å². The fourth-order valence-electron chi connectivity index (χ4n) is 1.44. The standard InChI is InChI=1S/C8H15BrN2O/c1-6-2-4-11(5-3-6)7(9)8(10)12/h6-7H,2-5H2,1H3,(H2,10,12). The number of carbonyl (C=O) groups is 1. The predicted octanol–water partition coefficient (Wildman–Crippen LogP) is 0.925. The van der Waals surface area contributed by atoms with Crippen molar-refractivity contribution in [2.24, 2.45) is 11.7 Å². The van der Waals surface area contributed by atoms with Crippen LogP contribution in [-0.4, -0.2) is 28.8 Å². The molecule has 1 heterocycles. The summed E-state index contributed by atoms with van der Waals surface area (Å²) in [4.78, 5) is 12.6. The van der Waals surface area contributed by atoms with E-state index in [4.69, 9.17) is 5.73 Å². The van der Waals surface area contributed by atoms with Crippen LogP contribution in [0.4, 0.5) is 0 Å². The van der Waals surface area contributed by atoms with Gasteiger partial charge in [-0.25, -0.2) is 0 Å². The molecule has 0 aromatic heterocycles. The number of nitrogens with two attached hydrogens (primary N) is 1. The van der Waals surface area contributed by atoms with E-state index in [9.17, 15) is 4.79 Å². The van der Waals surface area contributed by atoms with Crippen LogP contribution in [0.3, 0.4) is 0 Å². The normalized spacial score (nSPS) is 23.8. The van der Waals surface area contributed by atoms with Crippen molar-refractivity contribution in [3.05, 3.63) is 0 Å². The Morgan fingerprint density at radius 1 is 1.58 bits per heavy atom. The lowest BCUT2D eigenvalue weighted by Gasteiger charge is -2.32. The molecule has 0 aromatic carbocycles. The molecule has 0 radical (unpaired) electrons. The molecule has 4 heteroatoms. The molecule has 12 heavy (non-hydrogen) atoms. The number of likely N-dealkylation sites (tertiary alicyclic amines) is 1. The second-order valence-electron chi connectivity index (χ2n) is 3.46. The fraction of sp³-hybridized carbons (Fsp3) is 0.875. The molecule has 1 amide bonds. The number of hydrogen-bond donors (Lipinski definition) is 1. The molecule has 0 aromatic rings. The molecule has 1 aliphatic heterocycles. The first kappa shape index (κ1) is 9.99. The number of hydrogen-bond acceptors (Lipinski definition) is 2. The average Bonchev–Trinajstić information content (AvgIpc) is 2.04. The molecule has 0 saturated carbocycles. The lowest BCUT2D eigenvalue weighted by atomic mass is 9.99. The van der Waals surface area contributed by atoms with Gasteiger partial charge in [-0.05, 0) is 31.8 Å². The van der Waals surface area contributed by atoms with Crippen molar-refractivity contribution < 1.29 is 4.79 Å². The fourth-order valence-corrected chi connectivity index (χ4v) is 1.84. The highest BCUT2D eigenvalue weighted by Gasteiger charge is 2.24. The number of piperidine rings is 1. The third kappa shape index (κ3) is 2.45. The molecule has 3 nitrogen and oxygen atoms in total. The van der Waals surface area contributed by atoms with E-state index in [1.807, 2.05) is 0 Å². The monoisotopic (exact) mass is 234 g/mol. The van der Waals surface area contributed by atoms with Crippen LogP contribution >= 0.6 is 15.9 Å². The van der Waals surface area contributed by atoms with Gasteiger partial charge < -0.3 is 5.73 Å². The second kappa shape index (κ2) is 4.23. The quantitative estimate of drug-likeness (QED) is 0.571. The first-order chi connectivity index (χ1) is 5.61. The van der Waals surface area contributed by atoms with Crippen LogP contribution in [0.1, 0.15) is 19.8 Å². The number of carbonyl (C=O) groups excluding carboxylic acids is 1. The molecule has 1 aliphatic rings. The number of rotatable bonds is 2. The molecule has 0 aliphatic carbocycles. The molecule has 70 valence electrons. The van der Waals surface area contributed by atoms with E-state index >= 15 is 0 Å². The Balaban J connectivity index is 2.39. The SMILES string of the molecule is CC1CCN(C(Br)C(N)=O)CC1. The molecule has 1 saturated heterocycles. The maximum atomic E-state index is 10.8. The highest BCUT2D eigenvalue weighted by atomic mass is 79.9. The van der Waals surface area contributed by atoms with Crippen LogP contribution in [0, 0.1) is 5.92 Å². The Morgan fingerprint density at radius 2 is 2.08 bits per heavy atom. The summed E-state index contributed by atoms with van der Waals surface area (Å²) in [6.45, 7) is 4.19. The zero-order valence-electron chi connectivity index (χ0n) is 7.29. The lowest BCUT2D eigenvalue weighted by Crippen LogP contribution is -2.44. The molecule has 1 fully saturated rings. The Kier molecular flexibility index (Phi) is 3.53. The van der Waals surface area contributed by atoms with Crippen molar-refractivity contribution in [2.75, 3.05) is 13.1 Å². The Bertz CT molecular complexity index is 166. The average molecular weight is 235 g/mol. The smallest absolute Gasteiger partial charge is 0.245 e. The minimum atomic E-state index is -0.287. The molecular formula is C8H15BrN2O. The maximum absolute atomic E-state index is 10.8. The summed E-state index contributed by atoms with van der Waals surface area (Å²) in [5, 5.41) is 0. The second-order valence-corrected chi connectivity index (χ2v) is 4.32. The van der Waals surface area contributed by atoms with Gasteiger partial charge in [0.05, 0.1) is 0 Å². The first-order valence-electron chi connectivity index (χ1n) is 4.28. The molecule has 1 unspecified atom stereocenters. The summed E-state index contributed by atoms with van der Waals surface area (Å²) in [5.74, 6) is 0.498. The van der Waals surface area contributed by atoms with Gasteiger partial charge in [-0.2, -0.15) is 0 Å². The summed E-state index contributed by atoms with van der Waals surface area (Å²) in [6, 6.07) is 0. The van der Waals surface area contributed by atoms with Gasteiger partial charge >= 0.3 is 0 Å². The number of amides is 1. The lowest BCUT2D eigenvalue weighted by molar-refractivity contribution is -0.120. The van der Waals surface area contributed by atoms with Crippen LogP contribution in [0.25, 0.3) is 0 Å². The number of halogens is 1. The third-order valence-corrected chi connectivity index (χ3v) is 3.40. The first-order valence-corrected chi connectivity index (χ1v) is 5.20. The molecule has 1 atom stereocenters. The van der Waals surface area contributed by atoms with Crippen LogP contribution in [0.5, 0.6) is 0 Å². The van der Waals surface area contributed by atoms with Crippen molar-refractivity contribution in [2.45, 2.75) is 24.7 Å². The van der Waals surface area contributed by atoms with E-state index in [1.54, 1.807) is 0 Å². The van der Waals surface area contributed by atoms with Crippen molar-refractivity contribution in [1.29, 1.82) is 0 Å². The van der Waals surface area contributed by atoms with Crippen molar-refractivity contribution >= 4 is 21.8 Å². The minimum absolute atomic E-state index is 0.273. The maximum Gasteiger partial charge on any atom is 0.245 e. The van der Waals surface area contributed by atoms with Gasteiger partial charge in [0.1, 0.15) is 4.95 Å². The highest BCUT2D eigenvalue weighted by Crippen LogP contribution is 2.19. The summed E-state index contributed by atoms with van der Waals surface area (Å²) in [7, 11) is 0. The minimum Gasteiger partial charge on any atom is -0.368 e. The molecule has 2 N–H and O–H groups in total. The van der Waals surface area contributed by atoms with Crippen LogP contribution in [-0.2, 0) is 4.79 Å². The van der Waals surface area contributed by atoms with E-state index in [2.05, 4.69) is 27.8 Å². The van der Waals surface area contributed by atoms with Crippen LogP contribution in [0.15, 0.2) is 0 Å². The number of nitrogens with zero attached hydrogens (tertiary/aromatic N) is 1. The van der Waals surface area contributed by atoms with Crippen LogP contribution < -0.4 is 5.73 Å². The van der Waals surface area contributed by atoms with Crippen molar-refractivity contribution in [3.63, 3.8) is 0 Å². The number of primary amides is 1. The van der Waals surface area contributed by atoms with E-state index < -0.39 is 0 Å². The van der Waals surface area contributed by atoms with Crippen molar-refractivity contribution in [1.82, 2.24) is 4.90 Å². The zero-order chi connectivity index (χ0) is 9.14. The summed E-state index contributed by atoms with van der Waals surface area (Å²) < 4.78 is 0. The van der Waals surface area contributed by atoms with Gasteiger partial charge in [-0.1, -0.05) is 22.9 Å². The Morgan fingerprint density at radius 3 is 2.50 bits per heavy atom. The van der Waals surface area contributed by atoms with Gasteiger partial charge in [0.15, 0.2) is 0 Å². The zero-order valence-corrected chi connectivity index (χ0v) is 8.88. The van der Waals surface area contributed by atoms with E-state index in [1.165, 1.54) is 0 Å². The largest absolute Gasteiger partial charge is 0.368 e. The van der Waals surface area contributed by atoms with Gasteiger partial charge in [0, 0.05) is 0 Å². The summed E-state index contributed by atoms with van der Waals surface area (Å²) >= 11 is 3.28.